The van der Waals surface area contributed by atoms with Gasteiger partial charge in [-0.1, -0.05) is 11.2 Å². The molecule has 0 aliphatic heterocycles. The third-order valence-corrected chi connectivity index (χ3v) is 2.77. The largest absolute Gasteiger partial charge is 0.361 e. The van der Waals surface area contributed by atoms with Gasteiger partial charge >= 0.3 is 0 Å². The van der Waals surface area contributed by atoms with Crippen LogP contribution in [-0.2, 0) is 11.3 Å². The van der Waals surface area contributed by atoms with Gasteiger partial charge in [0.05, 0.1) is 12.2 Å². The molecule has 7 nitrogen and oxygen atoms in total. The van der Waals surface area contributed by atoms with Crippen molar-refractivity contribution < 1.29 is 14.1 Å². The highest BCUT2D eigenvalue weighted by Gasteiger charge is 2.18. The number of nitrogens with zero attached hydrogens (tertiary/aromatic N) is 2. The van der Waals surface area contributed by atoms with Crippen LogP contribution in [0.1, 0.15) is 28.9 Å². The van der Waals surface area contributed by atoms with Crippen LogP contribution in [0.5, 0.6) is 0 Å². The highest BCUT2D eigenvalue weighted by atomic mass is 16.5. The van der Waals surface area contributed by atoms with Gasteiger partial charge in [-0.3, -0.25) is 14.6 Å². The summed E-state index contributed by atoms with van der Waals surface area (Å²) in [4.78, 5) is 27.8. The van der Waals surface area contributed by atoms with Gasteiger partial charge in [0, 0.05) is 12.3 Å². The maximum atomic E-state index is 11.9. The Morgan fingerprint density at radius 3 is 2.81 bits per heavy atom. The minimum absolute atomic E-state index is 0.150. The van der Waals surface area contributed by atoms with Crippen molar-refractivity contribution in [2.75, 3.05) is 0 Å². The Labute approximate surface area is 121 Å². The van der Waals surface area contributed by atoms with Gasteiger partial charge in [-0.15, -0.1) is 0 Å². The number of carbonyl (C=O) groups is 2. The van der Waals surface area contributed by atoms with Gasteiger partial charge in [-0.25, -0.2) is 0 Å². The van der Waals surface area contributed by atoms with Crippen LogP contribution >= 0.6 is 0 Å². The first-order valence-corrected chi connectivity index (χ1v) is 6.48. The van der Waals surface area contributed by atoms with E-state index in [-0.39, 0.29) is 11.6 Å². The molecule has 2 N–H and O–H groups in total. The number of amides is 2. The summed E-state index contributed by atoms with van der Waals surface area (Å²) in [6.07, 6.45) is 1.65. The molecule has 2 rings (SSSR count). The Morgan fingerprint density at radius 1 is 1.38 bits per heavy atom. The van der Waals surface area contributed by atoms with E-state index in [1.165, 1.54) is 6.07 Å². The number of aryl methyl sites for hydroxylation is 1. The van der Waals surface area contributed by atoms with E-state index in [1.54, 1.807) is 26.1 Å². The summed E-state index contributed by atoms with van der Waals surface area (Å²) in [7, 11) is 0. The summed E-state index contributed by atoms with van der Waals surface area (Å²) < 4.78 is 4.81. The van der Waals surface area contributed by atoms with Crippen LogP contribution in [0.25, 0.3) is 0 Å². The second-order valence-electron chi connectivity index (χ2n) is 4.56. The fourth-order valence-corrected chi connectivity index (χ4v) is 1.64. The van der Waals surface area contributed by atoms with Gasteiger partial charge in [0.25, 0.3) is 5.91 Å². The molecule has 0 spiro atoms. The number of carbonyl (C=O) groups excluding carboxylic acids is 2. The number of pyridine rings is 1. The predicted octanol–water partition coefficient (Wildman–Crippen LogP) is 0.813. The standard InChI is InChI=1S/C14H16N4O3/c1-9-7-12(18-21-9)14(20)17-10(2)13(19)16-8-11-5-3-4-6-15-11/h3-7,10H,8H2,1-2H3,(H,16,19)(H,17,20)/t10-/m1/s1. The van der Waals surface area contributed by atoms with Crippen molar-refractivity contribution in [2.45, 2.75) is 26.4 Å². The second kappa shape index (κ2) is 6.65. The molecule has 0 saturated heterocycles. The molecule has 0 aliphatic carbocycles. The molecule has 7 heteroatoms. The normalized spacial score (nSPS) is 11.7. The van der Waals surface area contributed by atoms with E-state index in [2.05, 4.69) is 20.8 Å². The first kappa shape index (κ1) is 14.7. The molecule has 0 unspecified atom stereocenters. The Kier molecular flexibility index (Phi) is 4.65. The molecule has 1 atom stereocenters. The van der Waals surface area contributed by atoms with Gasteiger partial charge in [-0.2, -0.15) is 0 Å². The molecular weight excluding hydrogens is 272 g/mol. The van der Waals surface area contributed by atoms with Crippen molar-refractivity contribution in [3.05, 3.63) is 47.6 Å². The van der Waals surface area contributed by atoms with Crippen LogP contribution < -0.4 is 10.6 Å². The van der Waals surface area contributed by atoms with Crippen molar-refractivity contribution in [1.29, 1.82) is 0 Å². The van der Waals surface area contributed by atoms with Crippen molar-refractivity contribution in [3.8, 4) is 0 Å². The molecule has 0 fully saturated rings. The topological polar surface area (TPSA) is 97.1 Å². The Balaban J connectivity index is 1.83. The third kappa shape index (κ3) is 4.13. The minimum Gasteiger partial charge on any atom is -0.361 e. The van der Waals surface area contributed by atoms with E-state index in [9.17, 15) is 9.59 Å². The SMILES string of the molecule is Cc1cc(C(=O)N[C@H](C)C(=O)NCc2ccccn2)no1. The zero-order chi connectivity index (χ0) is 15.2. The van der Waals surface area contributed by atoms with E-state index >= 15 is 0 Å². The first-order chi connectivity index (χ1) is 10.1. The second-order valence-corrected chi connectivity index (χ2v) is 4.56. The molecule has 2 aromatic rings. The lowest BCUT2D eigenvalue weighted by Gasteiger charge is -2.12. The fourth-order valence-electron chi connectivity index (χ4n) is 1.64. The predicted molar refractivity (Wildman–Crippen MR) is 74.3 cm³/mol. The summed E-state index contributed by atoms with van der Waals surface area (Å²) in [6, 6.07) is 6.27. The Hall–Kier alpha value is -2.70. The summed E-state index contributed by atoms with van der Waals surface area (Å²) in [5.74, 6) is -0.214. The highest BCUT2D eigenvalue weighted by Crippen LogP contribution is 2.01. The molecule has 2 heterocycles. The van der Waals surface area contributed by atoms with Crippen LogP contribution in [0.3, 0.4) is 0 Å². The summed E-state index contributed by atoms with van der Waals surface area (Å²) in [5.41, 5.74) is 0.897. The number of hydrogen-bond acceptors (Lipinski definition) is 5. The van der Waals surface area contributed by atoms with Crippen LogP contribution in [0.2, 0.25) is 0 Å². The number of rotatable bonds is 5. The molecule has 0 saturated carbocycles. The molecule has 110 valence electrons. The molecule has 2 amide bonds. The monoisotopic (exact) mass is 288 g/mol. The van der Waals surface area contributed by atoms with Crippen molar-refractivity contribution >= 4 is 11.8 Å². The van der Waals surface area contributed by atoms with E-state index < -0.39 is 11.9 Å². The van der Waals surface area contributed by atoms with Crippen LogP contribution in [0.4, 0.5) is 0 Å². The molecule has 0 aliphatic rings. The quantitative estimate of drug-likeness (QED) is 0.848. The van der Waals surface area contributed by atoms with Gasteiger partial charge in [0.15, 0.2) is 5.69 Å². The number of aromatic nitrogens is 2. The van der Waals surface area contributed by atoms with Crippen LogP contribution in [0.15, 0.2) is 35.0 Å². The van der Waals surface area contributed by atoms with Crippen LogP contribution in [-0.4, -0.2) is 28.0 Å². The molecule has 0 radical (unpaired) electrons. The molecular formula is C14H16N4O3. The van der Waals surface area contributed by atoms with Crippen molar-refractivity contribution in [2.24, 2.45) is 0 Å². The number of hydrogen-bond donors (Lipinski definition) is 2. The maximum absolute atomic E-state index is 11.9. The Bertz CT molecular complexity index is 624. The Morgan fingerprint density at radius 2 is 2.19 bits per heavy atom. The zero-order valence-electron chi connectivity index (χ0n) is 11.8. The third-order valence-electron chi connectivity index (χ3n) is 2.77. The van der Waals surface area contributed by atoms with Crippen molar-refractivity contribution in [1.82, 2.24) is 20.8 Å². The smallest absolute Gasteiger partial charge is 0.274 e. The molecule has 21 heavy (non-hydrogen) atoms. The molecule has 0 bridgehead atoms. The van der Waals surface area contributed by atoms with E-state index in [0.29, 0.717) is 12.3 Å². The van der Waals surface area contributed by atoms with Crippen molar-refractivity contribution in [3.63, 3.8) is 0 Å². The van der Waals surface area contributed by atoms with Gasteiger partial charge < -0.3 is 15.2 Å². The van der Waals surface area contributed by atoms with Gasteiger partial charge in [0.1, 0.15) is 11.8 Å². The summed E-state index contributed by atoms with van der Waals surface area (Å²) in [5, 5.41) is 8.85. The summed E-state index contributed by atoms with van der Waals surface area (Å²) in [6.45, 7) is 3.59. The zero-order valence-corrected chi connectivity index (χ0v) is 11.8. The van der Waals surface area contributed by atoms with Gasteiger partial charge in [0.2, 0.25) is 5.91 Å². The number of nitrogens with one attached hydrogen (secondary N) is 2. The maximum Gasteiger partial charge on any atom is 0.274 e. The average molecular weight is 288 g/mol. The van der Waals surface area contributed by atoms with E-state index in [1.807, 2.05) is 12.1 Å². The minimum atomic E-state index is -0.682. The van der Waals surface area contributed by atoms with Gasteiger partial charge in [-0.05, 0) is 26.0 Å². The van der Waals surface area contributed by atoms with E-state index in [4.69, 9.17) is 4.52 Å². The lowest BCUT2D eigenvalue weighted by atomic mass is 10.2. The van der Waals surface area contributed by atoms with E-state index in [0.717, 1.165) is 5.69 Å². The lowest BCUT2D eigenvalue weighted by Crippen LogP contribution is -2.44. The lowest BCUT2D eigenvalue weighted by molar-refractivity contribution is -0.122. The molecule has 2 aromatic heterocycles. The average Bonchev–Trinajstić information content (AvgIpc) is 2.92. The summed E-state index contributed by atoms with van der Waals surface area (Å²) >= 11 is 0. The highest BCUT2D eigenvalue weighted by molar-refractivity contribution is 5.95. The molecule has 0 aromatic carbocycles. The fraction of sp³-hybridized carbons (Fsp3) is 0.286. The first-order valence-electron chi connectivity index (χ1n) is 6.48. The van der Waals surface area contributed by atoms with Crippen LogP contribution in [0, 0.1) is 6.92 Å².